The molecule has 2 N–H and O–H groups in total. The minimum Gasteiger partial charge on any atom is -0.482 e. The molecule has 1 fully saturated rings. The van der Waals surface area contributed by atoms with E-state index >= 15 is 0 Å². The van der Waals surface area contributed by atoms with Crippen LogP contribution in [0.2, 0.25) is 0 Å². The molecule has 2 aliphatic heterocycles. The second-order valence-corrected chi connectivity index (χ2v) is 5.62. The standard InChI is InChI=1S/C6H7NO.C3H3NO2.C3H7NO.C3H5NO.2C3H3NO/c1-2-3-6-7-4-5-8-6;5-3-1-2-6-4-3;2*1-2-5-3-4-1;2*1-2-4-5-3-1/h2,4-5H,1,3H2;1-2H,(H,4,5);4H,1-3H2;3H,1-2H2;2*1-3H. The lowest BCUT2D eigenvalue weighted by atomic mass is 10.4. The highest BCUT2D eigenvalue weighted by molar-refractivity contribution is 5.47. The van der Waals surface area contributed by atoms with Crippen LogP contribution in [0.15, 0.2) is 102 Å². The van der Waals surface area contributed by atoms with Gasteiger partial charge in [0.25, 0.3) is 5.56 Å². The number of hydrogen-bond donors (Lipinski definition) is 2. The van der Waals surface area contributed by atoms with E-state index in [9.17, 15) is 4.79 Å². The monoisotopic (exact) mass is 476 g/mol. The van der Waals surface area contributed by atoms with Crippen LogP contribution in [0.3, 0.4) is 0 Å². The molecule has 4 aromatic rings. The molecule has 13 nitrogen and oxygen atoms in total. The highest BCUT2D eigenvalue weighted by Crippen LogP contribution is 1.94. The summed E-state index contributed by atoms with van der Waals surface area (Å²) in [5.74, 6) is 0.722. The Balaban J connectivity index is 0.000000206. The molecule has 0 saturated carbocycles. The van der Waals surface area contributed by atoms with Gasteiger partial charge in [-0.1, -0.05) is 16.4 Å². The van der Waals surface area contributed by atoms with E-state index in [-0.39, 0.29) is 5.56 Å². The van der Waals surface area contributed by atoms with Crippen LogP contribution >= 0.6 is 0 Å². The molecule has 4 aromatic heterocycles. The average Bonchev–Trinajstić information content (AvgIpc) is 3.74. The van der Waals surface area contributed by atoms with E-state index in [4.69, 9.17) is 9.15 Å². The molecule has 6 heterocycles. The molecule has 0 spiro atoms. The third-order valence-corrected chi connectivity index (χ3v) is 3.06. The molecule has 13 heteroatoms. The smallest absolute Gasteiger partial charge is 0.279 e. The van der Waals surface area contributed by atoms with Gasteiger partial charge >= 0.3 is 0 Å². The van der Waals surface area contributed by atoms with Crippen LogP contribution in [-0.4, -0.2) is 59.9 Å². The van der Waals surface area contributed by atoms with Gasteiger partial charge in [-0.25, -0.2) is 4.98 Å². The van der Waals surface area contributed by atoms with Crippen molar-refractivity contribution in [3.8, 4) is 0 Å². The minimum absolute atomic E-state index is 0.199. The number of aromatic amines is 1. The number of hydrogen-bond acceptors (Lipinski definition) is 12. The van der Waals surface area contributed by atoms with E-state index in [0.29, 0.717) is 6.42 Å². The molecule has 6 rings (SSSR count). The molecule has 1 saturated heterocycles. The summed E-state index contributed by atoms with van der Waals surface area (Å²) in [5, 5.41) is 11.8. The summed E-state index contributed by atoms with van der Waals surface area (Å²) in [6, 6.07) is 4.75. The van der Waals surface area contributed by atoms with Crippen LogP contribution in [0.4, 0.5) is 0 Å². The van der Waals surface area contributed by atoms with Crippen molar-refractivity contribution in [1.29, 1.82) is 0 Å². The van der Waals surface area contributed by atoms with Crippen molar-refractivity contribution in [2.75, 3.05) is 33.0 Å². The number of allylic oxidation sites excluding steroid dienone is 1. The molecular formula is C21H28N6O7. The Labute approximate surface area is 195 Å². The van der Waals surface area contributed by atoms with Crippen LogP contribution < -0.4 is 10.9 Å². The molecule has 0 radical (unpaired) electrons. The number of aromatic nitrogens is 4. The molecule has 2 aliphatic rings. The zero-order valence-electron chi connectivity index (χ0n) is 18.5. The van der Waals surface area contributed by atoms with Crippen molar-refractivity contribution in [3.63, 3.8) is 0 Å². The SMILES string of the molecule is C1=NCCO1.C1COCN1.C=CCc1ncco1.O=c1cco[nH]1.c1cnoc1.c1cnoc1. The van der Waals surface area contributed by atoms with E-state index in [1.165, 1.54) is 31.3 Å². The Kier molecular flexibility index (Phi) is 18.0. The Bertz CT molecular complexity index is 855. The van der Waals surface area contributed by atoms with Crippen molar-refractivity contribution in [2.45, 2.75) is 6.42 Å². The molecule has 34 heavy (non-hydrogen) atoms. The number of rotatable bonds is 2. The van der Waals surface area contributed by atoms with E-state index in [1.54, 1.807) is 43.1 Å². The Hall–Kier alpha value is -4.23. The van der Waals surface area contributed by atoms with Gasteiger partial charge in [0, 0.05) is 19.0 Å². The maximum atomic E-state index is 9.92. The highest BCUT2D eigenvalue weighted by atomic mass is 16.5. The summed E-state index contributed by atoms with van der Waals surface area (Å²) < 4.78 is 27.3. The summed E-state index contributed by atoms with van der Waals surface area (Å²) >= 11 is 0. The van der Waals surface area contributed by atoms with Crippen LogP contribution in [0.1, 0.15) is 5.89 Å². The molecular weight excluding hydrogens is 448 g/mol. The fourth-order valence-electron chi connectivity index (χ4n) is 1.67. The van der Waals surface area contributed by atoms with Crippen molar-refractivity contribution < 1.29 is 27.5 Å². The van der Waals surface area contributed by atoms with Crippen LogP contribution in [0, 0.1) is 0 Å². The molecule has 0 amide bonds. The van der Waals surface area contributed by atoms with Gasteiger partial charge in [-0.3, -0.25) is 15.1 Å². The number of nitrogens with one attached hydrogen (secondary N) is 2. The van der Waals surface area contributed by atoms with Gasteiger partial charge in [-0.2, -0.15) is 5.16 Å². The van der Waals surface area contributed by atoms with Crippen molar-refractivity contribution in [3.05, 3.63) is 90.7 Å². The van der Waals surface area contributed by atoms with Gasteiger partial charge in [-0.05, 0) is 12.1 Å². The molecule has 0 atom stereocenters. The normalized spacial score (nSPS) is 12.4. The first-order valence-corrected chi connectivity index (χ1v) is 10.0. The fourth-order valence-corrected chi connectivity index (χ4v) is 1.67. The first-order valence-electron chi connectivity index (χ1n) is 10.0. The van der Waals surface area contributed by atoms with E-state index in [0.717, 1.165) is 38.9 Å². The lowest BCUT2D eigenvalue weighted by Gasteiger charge is -1.80. The lowest BCUT2D eigenvalue weighted by molar-refractivity contribution is 0.194. The van der Waals surface area contributed by atoms with Gasteiger partial charge in [0.1, 0.15) is 31.7 Å². The number of aliphatic imine (C=N–C) groups is 1. The Morgan fingerprint density at radius 3 is 2.06 bits per heavy atom. The number of nitrogens with zero attached hydrogens (tertiary/aromatic N) is 4. The zero-order valence-corrected chi connectivity index (χ0v) is 18.5. The predicted octanol–water partition coefficient (Wildman–Crippen LogP) is 2.33. The van der Waals surface area contributed by atoms with Gasteiger partial charge in [0.15, 0.2) is 12.3 Å². The third kappa shape index (κ3) is 18.5. The second-order valence-electron chi connectivity index (χ2n) is 5.62. The minimum atomic E-state index is -0.199. The predicted molar refractivity (Wildman–Crippen MR) is 121 cm³/mol. The van der Waals surface area contributed by atoms with Crippen molar-refractivity contribution in [2.24, 2.45) is 4.99 Å². The Morgan fingerprint density at radius 1 is 1.03 bits per heavy atom. The van der Waals surface area contributed by atoms with Gasteiger partial charge in [0.05, 0.1) is 38.5 Å². The largest absolute Gasteiger partial charge is 0.482 e. The van der Waals surface area contributed by atoms with Crippen molar-refractivity contribution in [1.82, 2.24) is 25.8 Å². The second kappa shape index (κ2) is 22.0. The average molecular weight is 476 g/mol. The summed E-state index contributed by atoms with van der Waals surface area (Å²) in [4.78, 5) is 17.5. The maximum Gasteiger partial charge on any atom is 0.279 e. The summed E-state index contributed by atoms with van der Waals surface area (Å²) in [6.45, 7) is 7.83. The van der Waals surface area contributed by atoms with Gasteiger partial charge in [-0.15, -0.1) is 6.58 Å². The van der Waals surface area contributed by atoms with E-state index in [1.807, 2.05) is 0 Å². The molecule has 0 aromatic carbocycles. The van der Waals surface area contributed by atoms with Gasteiger partial charge in [0.2, 0.25) is 0 Å². The molecule has 0 unspecified atom stereocenters. The van der Waals surface area contributed by atoms with Crippen LogP contribution in [-0.2, 0) is 15.9 Å². The molecule has 0 aliphatic carbocycles. The summed E-state index contributed by atoms with van der Waals surface area (Å²) in [7, 11) is 0. The Morgan fingerprint density at radius 2 is 1.82 bits per heavy atom. The van der Waals surface area contributed by atoms with E-state index in [2.05, 4.69) is 55.6 Å². The first kappa shape index (κ1) is 27.8. The summed E-state index contributed by atoms with van der Waals surface area (Å²) in [6.07, 6.45) is 14.6. The van der Waals surface area contributed by atoms with Crippen molar-refractivity contribution >= 4 is 6.40 Å². The fraction of sp³-hybridized carbons (Fsp3) is 0.286. The summed E-state index contributed by atoms with van der Waals surface area (Å²) in [5.41, 5.74) is -0.199. The quantitative estimate of drug-likeness (QED) is 0.407. The van der Waals surface area contributed by atoms with E-state index < -0.39 is 0 Å². The van der Waals surface area contributed by atoms with Crippen LogP contribution in [0.25, 0.3) is 0 Å². The maximum absolute atomic E-state index is 9.92. The van der Waals surface area contributed by atoms with Gasteiger partial charge < -0.3 is 27.5 Å². The highest BCUT2D eigenvalue weighted by Gasteiger charge is 1.92. The molecule has 184 valence electrons. The molecule has 0 bridgehead atoms. The number of ether oxygens (including phenoxy) is 2. The zero-order chi connectivity index (χ0) is 24.4. The number of oxazole rings is 1. The first-order chi connectivity index (χ1) is 16.8. The number of H-pyrrole nitrogens is 1. The third-order valence-electron chi connectivity index (χ3n) is 3.06. The van der Waals surface area contributed by atoms with Crippen LogP contribution in [0.5, 0.6) is 0 Å². The topological polar surface area (TPSA) is 167 Å². The lowest BCUT2D eigenvalue weighted by Crippen LogP contribution is -2.05.